The maximum Gasteiger partial charge on any atom is 0.226 e. The average Bonchev–Trinajstić information content (AvgIpc) is 2.71. The molecular formula is C14H18N2O2. The molecule has 0 atom stereocenters. The number of hydrogen-bond acceptors (Lipinski definition) is 2. The Morgan fingerprint density at radius 3 is 2.67 bits per heavy atom. The highest BCUT2D eigenvalue weighted by molar-refractivity contribution is 5.96. The van der Waals surface area contributed by atoms with E-state index >= 15 is 0 Å². The first-order chi connectivity index (χ1) is 8.49. The van der Waals surface area contributed by atoms with E-state index in [1.54, 1.807) is 11.8 Å². The zero-order valence-electron chi connectivity index (χ0n) is 11.0. The molecule has 96 valence electrons. The van der Waals surface area contributed by atoms with E-state index < -0.39 is 0 Å². The van der Waals surface area contributed by atoms with Crippen molar-refractivity contribution in [3.8, 4) is 0 Å². The van der Waals surface area contributed by atoms with Gasteiger partial charge < -0.3 is 10.2 Å². The van der Waals surface area contributed by atoms with Gasteiger partial charge in [0.25, 0.3) is 0 Å². The summed E-state index contributed by atoms with van der Waals surface area (Å²) in [5.74, 6) is 0.0380. The first-order valence-corrected chi connectivity index (χ1v) is 6.21. The summed E-state index contributed by atoms with van der Waals surface area (Å²) in [5, 5.41) is 2.87. The molecule has 1 aromatic rings. The predicted molar refractivity (Wildman–Crippen MR) is 71.6 cm³/mol. The smallest absolute Gasteiger partial charge is 0.226 e. The lowest BCUT2D eigenvalue weighted by molar-refractivity contribution is -0.119. The van der Waals surface area contributed by atoms with Crippen molar-refractivity contribution in [3.05, 3.63) is 23.8 Å². The Balaban J connectivity index is 2.20. The van der Waals surface area contributed by atoms with Gasteiger partial charge in [-0.2, -0.15) is 0 Å². The van der Waals surface area contributed by atoms with E-state index in [9.17, 15) is 9.59 Å². The third-order valence-electron chi connectivity index (χ3n) is 3.15. The van der Waals surface area contributed by atoms with Crippen molar-refractivity contribution >= 4 is 23.2 Å². The molecule has 0 saturated carbocycles. The van der Waals surface area contributed by atoms with Gasteiger partial charge in [0, 0.05) is 30.8 Å². The van der Waals surface area contributed by atoms with Crippen LogP contribution in [0.1, 0.15) is 26.3 Å². The second kappa shape index (κ2) is 4.80. The van der Waals surface area contributed by atoms with Gasteiger partial charge in [-0.25, -0.2) is 0 Å². The largest absolute Gasteiger partial charge is 0.326 e. The number of nitrogens with zero attached hydrogens (tertiary/aromatic N) is 1. The zero-order valence-corrected chi connectivity index (χ0v) is 11.0. The third kappa shape index (κ3) is 2.37. The highest BCUT2D eigenvalue weighted by Gasteiger charge is 2.22. The van der Waals surface area contributed by atoms with E-state index in [4.69, 9.17) is 0 Å². The van der Waals surface area contributed by atoms with Crippen LogP contribution >= 0.6 is 0 Å². The number of nitrogens with one attached hydrogen (secondary N) is 1. The summed E-state index contributed by atoms with van der Waals surface area (Å²) in [6, 6.07) is 5.71. The minimum atomic E-state index is -0.0352. The van der Waals surface area contributed by atoms with Crippen LogP contribution in [-0.2, 0) is 16.0 Å². The van der Waals surface area contributed by atoms with Crippen molar-refractivity contribution < 1.29 is 9.59 Å². The fraction of sp³-hybridized carbons (Fsp3) is 0.429. The minimum absolute atomic E-state index is 0.0105. The first kappa shape index (κ1) is 12.6. The summed E-state index contributed by atoms with van der Waals surface area (Å²) in [6.07, 6.45) is 0.848. The molecule has 2 rings (SSSR count). The number of anilines is 2. The number of amides is 2. The fourth-order valence-electron chi connectivity index (χ4n) is 2.09. The average molecular weight is 246 g/mol. The van der Waals surface area contributed by atoms with Crippen LogP contribution in [0.15, 0.2) is 18.2 Å². The minimum Gasteiger partial charge on any atom is -0.326 e. The Labute approximate surface area is 107 Å². The molecule has 2 amide bonds. The fourth-order valence-corrected chi connectivity index (χ4v) is 2.09. The van der Waals surface area contributed by atoms with Crippen molar-refractivity contribution in [2.24, 2.45) is 5.92 Å². The summed E-state index contributed by atoms with van der Waals surface area (Å²) in [6.45, 7) is 6.02. The van der Waals surface area contributed by atoms with Crippen molar-refractivity contribution in [2.75, 3.05) is 16.8 Å². The molecule has 0 bridgehead atoms. The van der Waals surface area contributed by atoms with Crippen molar-refractivity contribution in [1.82, 2.24) is 0 Å². The molecule has 0 saturated heterocycles. The van der Waals surface area contributed by atoms with Gasteiger partial charge >= 0.3 is 0 Å². The molecule has 0 fully saturated rings. The Kier molecular flexibility index (Phi) is 3.36. The van der Waals surface area contributed by atoms with E-state index in [0.717, 1.165) is 29.9 Å². The molecule has 0 spiro atoms. The van der Waals surface area contributed by atoms with Crippen LogP contribution in [0.2, 0.25) is 0 Å². The molecule has 0 aromatic heterocycles. The molecule has 0 radical (unpaired) electrons. The van der Waals surface area contributed by atoms with Gasteiger partial charge in [0.2, 0.25) is 11.8 Å². The maximum atomic E-state index is 11.6. The highest BCUT2D eigenvalue weighted by atomic mass is 16.2. The van der Waals surface area contributed by atoms with E-state index in [1.165, 1.54) is 0 Å². The van der Waals surface area contributed by atoms with Gasteiger partial charge in [0.1, 0.15) is 0 Å². The second-order valence-corrected chi connectivity index (χ2v) is 4.91. The Morgan fingerprint density at radius 2 is 2.06 bits per heavy atom. The lowest BCUT2D eigenvalue weighted by Crippen LogP contribution is -2.25. The molecule has 18 heavy (non-hydrogen) atoms. The van der Waals surface area contributed by atoms with Crippen LogP contribution in [0.25, 0.3) is 0 Å². The Morgan fingerprint density at radius 1 is 1.33 bits per heavy atom. The molecule has 0 unspecified atom stereocenters. The van der Waals surface area contributed by atoms with Gasteiger partial charge in [0.15, 0.2) is 0 Å². The summed E-state index contributed by atoms with van der Waals surface area (Å²) in [5.41, 5.74) is 2.88. The van der Waals surface area contributed by atoms with Gasteiger partial charge in [-0.05, 0) is 30.2 Å². The molecule has 0 aliphatic carbocycles. The van der Waals surface area contributed by atoms with Crippen LogP contribution in [0.5, 0.6) is 0 Å². The Hall–Kier alpha value is -1.84. The van der Waals surface area contributed by atoms with Crippen LogP contribution in [0.3, 0.4) is 0 Å². The molecule has 4 heteroatoms. The van der Waals surface area contributed by atoms with E-state index in [-0.39, 0.29) is 17.7 Å². The van der Waals surface area contributed by atoms with Gasteiger partial charge in [-0.1, -0.05) is 13.8 Å². The summed E-state index contributed by atoms with van der Waals surface area (Å²) in [7, 11) is 0. The van der Waals surface area contributed by atoms with Crippen LogP contribution in [0, 0.1) is 5.92 Å². The number of hydrogen-bond donors (Lipinski definition) is 1. The lowest BCUT2D eigenvalue weighted by atomic mass is 10.1. The van der Waals surface area contributed by atoms with Gasteiger partial charge in [-0.3, -0.25) is 9.59 Å². The zero-order chi connectivity index (χ0) is 13.3. The predicted octanol–water partition coefficient (Wildman–Crippen LogP) is 2.19. The SMILES string of the molecule is CC(=O)N1CCc2cc(NC(=O)C(C)C)ccc21. The lowest BCUT2D eigenvalue weighted by Gasteiger charge is -2.15. The van der Waals surface area contributed by atoms with E-state index in [2.05, 4.69) is 5.32 Å². The number of fused-ring (bicyclic) bond motifs is 1. The normalized spacial score (nSPS) is 13.7. The van der Waals surface area contributed by atoms with Crippen molar-refractivity contribution in [3.63, 3.8) is 0 Å². The van der Waals surface area contributed by atoms with Crippen LogP contribution in [-0.4, -0.2) is 18.4 Å². The van der Waals surface area contributed by atoms with Crippen molar-refractivity contribution in [1.29, 1.82) is 0 Å². The second-order valence-electron chi connectivity index (χ2n) is 4.91. The molecule has 1 aromatic carbocycles. The highest BCUT2D eigenvalue weighted by Crippen LogP contribution is 2.30. The third-order valence-corrected chi connectivity index (χ3v) is 3.15. The van der Waals surface area contributed by atoms with E-state index in [0.29, 0.717) is 0 Å². The molecule has 1 aliphatic heterocycles. The quantitative estimate of drug-likeness (QED) is 0.869. The summed E-state index contributed by atoms with van der Waals surface area (Å²) < 4.78 is 0. The van der Waals surface area contributed by atoms with Gasteiger partial charge in [-0.15, -0.1) is 0 Å². The number of benzene rings is 1. The van der Waals surface area contributed by atoms with Crippen molar-refractivity contribution in [2.45, 2.75) is 27.2 Å². The number of carbonyl (C=O) groups excluding carboxylic acids is 2. The molecule has 1 heterocycles. The van der Waals surface area contributed by atoms with Gasteiger partial charge in [0.05, 0.1) is 0 Å². The molecule has 4 nitrogen and oxygen atoms in total. The summed E-state index contributed by atoms with van der Waals surface area (Å²) >= 11 is 0. The van der Waals surface area contributed by atoms with Crippen LogP contribution in [0.4, 0.5) is 11.4 Å². The number of carbonyl (C=O) groups is 2. The Bertz CT molecular complexity index is 495. The maximum absolute atomic E-state index is 11.6. The molecular weight excluding hydrogens is 228 g/mol. The number of rotatable bonds is 2. The topological polar surface area (TPSA) is 49.4 Å². The molecule has 1 aliphatic rings. The monoisotopic (exact) mass is 246 g/mol. The van der Waals surface area contributed by atoms with E-state index in [1.807, 2.05) is 32.0 Å². The first-order valence-electron chi connectivity index (χ1n) is 6.21. The summed E-state index contributed by atoms with van der Waals surface area (Å²) in [4.78, 5) is 24.8. The van der Waals surface area contributed by atoms with Crippen LogP contribution < -0.4 is 10.2 Å². The standard InChI is InChI=1S/C14H18N2O2/c1-9(2)14(18)15-12-4-5-13-11(8-12)6-7-16(13)10(3)17/h4-5,8-9H,6-7H2,1-3H3,(H,15,18). The molecule has 1 N–H and O–H groups in total.